The highest BCUT2D eigenvalue weighted by molar-refractivity contribution is 8.15. The highest BCUT2D eigenvalue weighted by Crippen LogP contribution is 2.41. The largest absolute Gasteiger partial charge is 0.104 e. The highest BCUT2D eigenvalue weighted by atomic mass is 32.2. The minimum atomic E-state index is 1.37. The molecule has 0 N–H and O–H groups in total. The van der Waals surface area contributed by atoms with E-state index in [9.17, 15) is 0 Å². The molecule has 0 unspecified atom stereocenters. The molecule has 2 aliphatic heterocycles. The maximum Gasteiger partial charge on any atom is 0.0327 e. The highest BCUT2D eigenvalue weighted by Gasteiger charge is 2.08. The van der Waals surface area contributed by atoms with Crippen LogP contribution in [0.4, 0.5) is 0 Å². The summed E-state index contributed by atoms with van der Waals surface area (Å²) in [6.45, 7) is 0. The Hall–Kier alpha value is 0.360. The van der Waals surface area contributed by atoms with E-state index in [1.807, 2.05) is 0 Å². The van der Waals surface area contributed by atoms with Crippen molar-refractivity contribution >= 4 is 47.0 Å². The molecule has 2 rings (SSSR count). The van der Waals surface area contributed by atoms with Crippen LogP contribution in [0.2, 0.25) is 0 Å². The van der Waals surface area contributed by atoms with Crippen LogP contribution in [0.15, 0.2) is 42.3 Å². The molecule has 0 spiro atoms. The second-order valence-corrected chi connectivity index (χ2v) is 5.47. The fourth-order valence-corrected chi connectivity index (χ4v) is 4.23. The molecule has 0 atom stereocenters. The Bertz CT molecular complexity index is 255. The first-order chi connectivity index (χ1) is 5.97. The molecule has 12 heavy (non-hydrogen) atoms. The number of hydrogen-bond acceptors (Lipinski definition) is 4. The summed E-state index contributed by atoms with van der Waals surface area (Å²) in [4.78, 5) is 2.73. The molecule has 0 saturated heterocycles. The summed E-state index contributed by atoms with van der Waals surface area (Å²) in [7, 11) is 0. The summed E-state index contributed by atoms with van der Waals surface area (Å²) in [5, 5.41) is 12.9. The number of thioether (sulfide) groups is 4. The third-order valence-electron chi connectivity index (χ3n) is 1.25. The van der Waals surface area contributed by atoms with Crippen LogP contribution in [0.3, 0.4) is 0 Å². The van der Waals surface area contributed by atoms with Gasteiger partial charge in [-0.15, -0.1) is 23.5 Å². The van der Waals surface area contributed by atoms with Crippen molar-refractivity contribution in [1.29, 1.82) is 0 Å². The normalized spacial score (nSPS) is 22.0. The fourth-order valence-electron chi connectivity index (χ4n) is 0.756. The molecule has 0 aromatic heterocycles. The summed E-state index contributed by atoms with van der Waals surface area (Å²) in [6.07, 6.45) is 0. The van der Waals surface area contributed by atoms with E-state index in [4.69, 9.17) is 0 Å². The van der Waals surface area contributed by atoms with E-state index in [1.165, 1.54) is 9.81 Å². The van der Waals surface area contributed by atoms with Gasteiger partial charge in [-0.1, -0.05) is 23.5 Å². The number of rotatable bonds is 1. The van der Waals surface area contributed by atoms with E-state index in [2.05, 4.69) is 32.4 Å². The quantitative estimate of drug-likeness (QED) is 0.646. The first-order valence-corrected chi connectivity index (χ1v) is 6.96. The van der Waals surface area contributed by atoms with E-state index in [0.717, 1.165) is 0 Å². The van der Waals surface area contributed by atoms with Crippen LogP contribution in [0.25, 0.3) is 0 Å². The van der Waals surface area contributed by atoms with Crippen molar-refractivity contribution in [3.8, 4) is 0 Å². The van der Waals surface area contributed by atoms with Gasteiger partial charge in [-0.2, -0.15) is 0 Å². The number of hydrogen-bond donors (Lipinski definition) is 0. The van der Waals surface area contributed by atoms with Gasteiger partial charge >= 0.3 is 0 Å². The van der Waals surface area contributed by atoms with Crippen molar-refractivity contribution in [2.45, 2.75) is 0 Å². The van der Waals surface area contributed by atoms with Crippen LogP contribution in [0.1, 0.15) is 0 Å². The van der Waals surface area contributed by atoms with E-state index < -0.39 is 0 Å². The first-order valence-electron chi connectivity index (χ1n) is 3.32. The summed E-state index contributed by atoms with van der Waals surface area (Å²) in [5.41, 5.74) is 0. The van der Waals surface area contributed by atoms with Gasteiger partial charge in [0.1, 0.15) is 0 Å². The van der Waals surface area contributed by atoms with Crippen molar-refractivity contribution in [2.24, 2.45) is 0 Å². The fraction of sp³-hybridized carbons (Fsp3) is 0. The lowest BCUT2D eigenvalue weighted by Gasteiger charge is -2.11. The SMILES string of the molecule is C1=CSC(C2=CSC=CS2)=CS1. The maximum absolute atomic E-state index is 2.20. The van der Waals surface area contributed by atoms with Crippen molar-refractivity contribution < 1.29 is 0 Å². The zero-order chi connectivity index (χ0) is 8.23. The molecule has 0 saturated carbocycles. The minimum Gasteiger partial charge on any atom is -0.104 e. The molecule has 0 radical (unpaired) electrons. The molecule has 0 aromatic rings. The Morgan fingerprint density at radius 2 is 1.17 bits per heavy atom. The van der Waals surface area contributed by atoms with E-state index in [-0.39, 0.29) is 0 Å². The van der Waals surface area contributed by atoms with Crippen molar-refractivity contribution in [3.63, 3.8) is 0 Å². The molecular weight excluding hydrogens is 224 g/mol. The van der Waals surface area contributed by atoms with Gasteiger partial charge in [0.05, 0.1) is 0 Å². The third kappa shape index (κ3) is 2.19. The second-order valence-electron chi connectivity index (χ2n) is 2.02. The molecule has 0 amide bonds. The van der Waals surface area contributed by atoms with Crippen LogP contribution in [-0.2, 0) is 0 Å². The summed E-state index contributed by atoms with van der Waals surface area (Å²) in [5.74, 6) is 0. The predicted molar refractivity (Wildman–Crippen MR) is 64.8 cm³/mol. The summed E-state index contributed by atoms with van der Waals surface area (Å²) >= 11 is 7.08. The lowest BCUT2D eigenvalue weighted by molar-refractivity contribution is 1.93. The Labute approximate surface area is 89.0 Å². The van der Waals surface area contributed by atoms with Crippen LogP contribution in [0, 0.1) is 0 Å². The molecule has 4 heteroatoms. The van der Waals surface area contributed by atoms with E-state index in [0.29, 0.717) is 0 Å². The molecule has 2 aliphatic rings. The molecule has 0 aromatic carbocycles. The van der Waals surface area contributed by atoms with Gasteiger partial charge in [0.2, 0.25) is 0 Å². The Morgan fingerprint density at radius 3 is 1.50 bits per heavy atom. The molecule has 62 valence electrons. The van der Waals surface area contributed by atoms with Crippen LogP contribution in [-0.4, -0.2) is 0 Å². The third-order valence-corrected chi connectivity index (χ3v) is 5.08. The smallest absolute Gasteiger partial charge is 0.0327 e. The van der Waals surface area contributed by atoms with E-state index >= 15 is 0 Å². The molecule has 0 fully saturated rings. The van der Waals surface area contributed by atoms with Gasteiger partial charge in [-0.3, -0.25) is 0 Å². The first kappa shape index (κ1) is 8.94. The van der Waals surface area contributed by atoms with Gasteiger partial charge in [-0.05, 0) is 32.4 Å². The summed E-state index contributed by atoms with van der Waals surface area (Å²) < 4.78 is 0. The minimum absolute atomic E-state index is 1.37. The zero-order valence-electron chi connectivity index (χ0n) is 6.10. The van der Waals surface area contributed by atoms with Crippen molar-refractivity contribution in [3.05, 3.63) is 42.3 Å². The maximum atomic E-state index is 2.20. The van der Waals surface area contributed by atoms with Crippen molar-refractivity contribution in [1.82, 2.24) is 0 Å². The second kappa shape index (κ2) is 4.56. The Kier molecular flexibility index (Phi) is 3.39. The average molecular weight is 230 g/mol. The predicted octanol–water partition coefficient (Wildman–Crippen LogP) is 4.57. The lowest BCUT2D eigenvalue weighted by Crippen LogP contribution is -1.80. The lowest BCUT2D eigenvalue weighted by atomic mass is 10.6. The molecule has 0 aliphatic carbocycles. The van der Waals surface area contributed by atoms with E-state index in [1.54, 1.807) is 47.0 Å². The topological polar surface area (TPSA) is 0 Å². The molecular formula is C8H6S4. The van der Waals surface area contributed by atoms with Crippen LogP contribution in [0.5, 0.6) is 0 Å². The monoisotopic (exact) mass is 230 g/mol. The molecule has 0 bridgehead atoms. The van der Waals surface area contributed by atoms with Gasteiger partial charge in [-0.25, -0.2) is 0 Å². The van der Waals surface area contributed by atoms with Gasteiger partial charge in [0.15, 0.2) is 0 Å². The Morgan fingerprint density at radius 1 is 0.667 bits per heavy atom. The van der Waals surface area contributed by atoms with Crippen LogP contribution >= 0.6 is 47.0 Å². The van der Waals surface area contributed by atoms with Crippen LogP contribution < -0.4 is 0 Å². The van der Waals surface area contributed by atoms with Gasteiger partial charge in [0.25, 0.3) is 0 Å². The standard InChI is InChI=1S/C8H6S4/c1-3-11-7(5-9-1)8-6-10-2-4-12-8/h1-6H. The molecule has 0 nitrogen and oxygen atoms in total. The van der Waals surface area contributed by atoms with Crippen molar-refractivity contribution in [2.75, 3.05) is 0 Å². The van der Waals surface area contributed by atoms with Gasteiger partial charge in [0, 0.05) is 9.81 Å². The molecule has 2 heterocycles. The zero-order valence-corrected chi connectivity index (χ0v) is 9.36. The Balaban J connectivity index is 2.08. The average Bonchev–Trinajstić information content (AvgIpc) is 2.21. The van der Waals surface area contributed by atoms with Gasteiger partial charge < -0.3 is 0 Å². The summed E-state index contributed by atoms with van der Waals surface area (Å²) in [6, 6.07) is 0.